The number of ether oxygens (including phenoxy) is 2. The molecule has 1 aliphatic rings. The van der Waals surface area contributed by atoms with Gasteiger partial charge < -0.3 is 14.6 Å². The highest BCUT2D eigenvalue weighted by Gasteiger charge is 2.22. The van der Waals surface area contributed by atoms with E-state index in [1.807, 2.05) is 24.3 Å². The molecule has 4 nitrogen and oxygen atoms in total. The van der Waals surface area contributed by atoms with Crippen molar-refractivity contribution in [3.05, 3.63) is 35.9 Å². The van der Waals surface area contributed by atoms with E-state index in [0.29, 0.717) is 6.61 Å². The van der Waals surface area contributed by atoms with Crippen molar-refractivity contribution >= 4 is 11.5 Å². The molecule has 1 heterocycles. The van der Waals surface area contributed by atoms with E-state index < -0.39 is 5.97 Å². The first kappa shape index (κ1) is 11.7. The van der Waals surface area contributed by atoms with Crippen LogP contribution in [0.25, 0.3) is 5.57 Å². The Hall–Kier alpha value is -1.81. The second-order valence-corrected chi connectivity index (χ2v) is 3.96. The molecule has 1 N–H and O–H groups in total. The Bertz CT molecular complexity index is 429. The fourth-order valence-corrected chi connectivity index (χ4v) is 1.44. The number of hydrogen-bond donors (Lipinski definition) is 1. The smallest absolute Gasteiger partial charge is 0.328 e. The first-order chi connectivity index (χ1) is 8.15. The third-order valence-corrected chi connectivity index (χ3v) is 2.49. The summed E-state index contributed by atoms with van der Waals surface area (Å²) in [6.45, 7) is 3.11. The average Bonchev–Trinajstić information content (AvgIpc) is 3.10. The first-order valence-electron chi connectivity index (χ1n) is 5.41. The van der Waals surface area contributed by atoms with Crippen LogP contribution < -0.4 is 4.74 Å². The van der Waals surface area contributed by atoms with Gasteiger partial charge in [-0.3, -0.25) is 0 Å². The summed E-state index contributed by atoms with van der Waals surface area (Å²) in [5.74, 6) is -0.166. The summed E-state index contributed by atoms with van der Waals surface area (Å²) in [7, 11) is 0. The molecule has 1 aliphatic heterocycles. The molecule has 0 amide bonds. The molecule has 1 atom stereocenters. The summed E-state index contributed by atoms with van der Waals surface area (Å²) in [4.78, 5) is 10.5. The minimum Gasteiger partial charge on any atom is -0.491 e. The van der Waals surface area contributed by atoms with Gasteiger partial charge in [0.25, 0.3) is 0 Å². The summed E-state index contributed by atoms with van der Waals surface area (Å²) < 4.78 is 10.5. The van der Waals surface area contributed by atoms with Gasteiger partial charge in [0.15, 0.2) is 0 Å². The Balaban J connectivity index is 1.98. The van der Waals surface area contributed by atoms with E-state index in [9.17, 15) is 4.79 Å². The largest absolute Gasteiger partial charge is 0.491 e. The van der Waals surface area contributed by atoms with Gasteiger partial charge in [0.05, 0.1) is 6.61 Å². The first-order valence-corrected chi connectivity index (χ1v) is 5.41. The highest BCUT2D eigenvalue weighted by atomic mass is 16.6. The Morgan fingerprint density at radius 3 is 2.71 bits per heavy atom. The van der Waals surface area contributed by atoms with Crippen LogP contribution in [0.3, 0.4) is 0 Å². The van der Waals surface area contributed by atoms with Crippen molar-refractivity contribution in [1.82, 2.24) is 0 Å². The molecule has 0 spiro atoms. The molecule has 1 saturated heterocycles. The molecular weight excluding hydrogens is 220 g/mol. The van der Waals surface area contributed by atoms with Crippen LogP contribution >= 0.6 is 0 Å². The Labute approximate surface area is 99.5 Å². The van der Waals surface area contributed by atoms with E-state index in [2.05, 4.69) is 0 Å². The van der Waals surface area contributed by atoms with Gasteiger partial charge in [-0.2, -0.15) is 0 Å². The van der Waals surface area contributed by atoms with E-state index in [0.717, 1.165) is 23.5 Å². The van der Waals surface area contributed by atoms with Gasteiger partial charge >= 0.3 is 5.97 Å². The van der Waals surface area contributed by atoms with E-state index in [1.54, 1.807) is 6.92 Å². The van der Waals surface area contributed by atoms with E-state index >= 15 is 0 Å². The lowest BCUT2D eigenvalue weighted by Gasteiger charge is -2.05. The third-order valence-electron chi connectivity index (χ3n) is 2.49. The number of epoxide rings is 1. The van der Waals surface area contributed by atoms with Gasteiger partial charge in [-0.1, -0.05) is 12.1 Å². The number of carbonyl (C=O) groups is 1. The molecule has 2 rings (SSSR count). The molecule has 0 radical (unpaired) electrons. The molecule has 17 heavy (non-hydrogen) atoms. The fraction of sp³-hybridized carbons (Fsp3) is 0.308. The highest BCUT2D eigenvalue weighted by Crippen LogP contribution is 2.19. The quantitative estimate of drug-likeness (QED) is 0.625. The third kappa shape index (κ3) is 3.60. The summed E-state index contributed by atoms with van der Waals surface area (Å²) >= 11 is 0. The molecule has 0 bridgehead atoms. The molecule has 90 valence electrons. The zero-order chi connectivity index (χ0) is 12.3. The van der Waals surface area contributed by atoms with Crippen molar-refractivity contribution in [3.63, 3.8) is 0 Å². The lowest BCUT2D eigenvalue weighted by Crippen LogP contribution is -2.03. The summed E-state index contributed by atoms with van der Waals surface area (Å²) in [5, 5.41) is 8.64. The highest BCUT2D eigenvalue weighted by molar-refractivity contribution is 5.89. The molecule has 1 aromatic carbocycles. The van der Waals surface area contributed by atoms with Crippen LogP contribution in [0.5, 0.6) is 5.75 Å². The fourth-order valence-electron chi connectivity index (χ4n) is 1.44. The Morgan fingerprint density at radius 1 is 1.53 bits per heavy atom. The molecule has 4 heteroatoms. The Morgan fingerprint density at radius 2 is 2.18 bits per heavy atom. The van der Waals surface area contributed by atoms with Crippen LogP contribution in [0.1, 0.15) is 12.5 Å². The number of rotatable bonds is 5. The van der Waals surface area contributed by atoms with Crippen molar-refractivity contribution in [2.75, 3.05) is 13.2 Å². The van der Waals surface area contributed by atoms with Crippen LogP contribution in [0.15, 0.2) is 30.3 Å². The second-order valence-electron chi connectivity index (χ2n) is 3.96. The minimum atomic E-state index is -0.936. The van der Waals surface area contributed by atoms with Crippen LogP contribution in [-0.2, 0) is 9.53 Å². The molecule has 1 aromatic rings. The van der Waals surface area contributed by atoms with Crippen molar-refractivity contribution in [2.24, 2.45) is 0 Å². The molecule has 0 saturated carbocycles. The van der Waals surface area contributed by atoms with Crippen LogP contribution in [-0.4, -0.2) is 30.4 Å². The molecule has 0 aliphatic carbocycles. The second kappa shape index (κ2) is 5.01. The lowest BCUT2D eigenvalue weighted by molar-refractivity contribution is -0.131. The lowest BCUT2D eigenvalue weighted by atomic mass is 10.1. The molecule has 1 unspecified atom stereocenters. The molecule has 1 fully saturated rings. The van der Waals surface area contributed by atoms with Crippen molar-refractivity contribution in [1.29, 1.82) is 0 Å². The summed E-state index contributed by atoms with van der Waals surface area (Å²) in [5.41, 5.74) is 1.59. The minimum absolute atomic E-state index is 0.239. The van der Waals surface area contributed by atoms with Gasteiger partial charge in [-0.25, -0.2) is 4.79 Å². The van der Waals surface area contributed by atoms with Crippen molar-refractivity contribution < 1.29 is 19.4 Å². The normalized spacial score (nSPS) is 18.9. The molecule has 0 aromatic heterocycles. The van der Waals surface area contributed by atoms with Crippen LogP contribution in [0.2, 0.25) is 0 Å². The molecular formula is C13H14O4. The maximum atomic E-state index is 10.5. The SMILES string of the molecule is C/C(=C/C(=O)O)c1ccc(OCC2CO2)cc1. The topological polar surface area (TPSA) is 59.1 Å². The number of aliphatic carboxylic acids is 1. The van der Waals surface area contributed by atoms with Gasteiger partial charge in [-0.05, 0) is 30.2 Å². The summed E-state index contributed by atoms with van der Waals surface area (Å²) in [6.07, 6.45) is 1.43. The monoisotopic (exact) mass is 234 g/mol. The number of carboxylic acid groups (broad SMARTS) is 1. The maximum absolute atomic E-state index is 10.5. The number of benzene rings is 1. The average molecular weight is 234 g/mol. The van der Waals surface area contributed by atoms with Gasteiger partial charge in [0.2, 0.25) is 0 Å². The number of carboxylic acids is 1. The predicted molar refractivity (Wildman–Crippen MR) is 63.0 cm³/mol. The predicted octanol–water partition coefficient (Wildman–Crippen LogP) is 1.95. The van der Waals surface area contributed by atoms with Gasteiger partial charge in [-0.15, -0.1) is 0 Å². The van der Waals surface area contributed by atoms with Gasteiger partial charge in [0, 0.05) is 6.08 Å². The number of hydrogen-bond acceptors (Lipinski definition) is 3. The maximum Gasteiger partial charge on any atom is 0.328 e. The summed E-state index contributed by atoms with van der Waals surface area (Å²) in [6, 6.07) is 7.35. The van der Waals surface area contributed by atoms with E-state index in [4.69, 9.17) is 14.6 Å². The van der Waals surface area contributed by atoms with Crippen LogP contribution in [0, 0.1) is 0 Å². The number of allylic oxidation sites excluding steroid dienone is 1. The Kier molecular flexibility index (Phi) is 3.44. The standard InChI is InChI=1S/C13H14O4/c1-9(6-13(14)15)10-2-4-11(5-3-10)16-7-12-8-17-12/h2-6,12H,7-8H2,1H3,(H,14,15)/b9-6-. The van der Waals surface area contributed by atoms with E-state index in [1.165, 1.54) is 6.08 Å². The zero-order valence-corrected chi connectivity index (χ0v) is 9.55. The van der Waals surface area contributed by atoms with Crippen molar-refractivity contribution in [2.45, 2.75) is 13.0 Å². The van der Waals surface area contributed by atoms with E-state index in [-0.39, 0.29) is 6.10 Å². The van der Waals surface area contributed by atoms with Crippen LogP contribution in [0.4, 0.5) is 0 Å². The zero-order valence-electron chi connectivity index (χ0n) is 9.55. The van der Waals surface area contributed by atoms with Gasteiger partial charge in [0.1, 0.15) is 18.5 Å². The van der Waals surface area contributed by atoms with Crippen molar-refractivity contribution in [3.8, 4) is 5.75 Å².